The maximum atomic E-state index is 12.8. The van der Waals surface area contributed by atoms with E-state index in [1.54, 1.807) is 12.1 Å². The van der Waals surface area contributed by atoms with Crippen LogP contribution in [0, 0.1) is 0 Å². The molecule has 1 amide bonds. The van der Waals surface area contributed by atoms with Crippen molar-refractivity contribution in [1.82, 2.24) is 5.32 Å². The lowest BCUT2D eigenvalue weighted by Crippen LogP contribution is -2.40. The predicted molar refractivity (Wildman–Crippen MR) is 108 cm³/mol. The van der Waals surface area contributed by atoms with Crippen molar-refractivity contribution >= 4 is 21.6 Å². The molecule has 0 saturated heterocycles. The number of nitrogens with one attached hydrogen (secondary N) is 1. The standard InChI is InChI=1S/C20H23F3N2O4S/c1-3-11-29-18-9-7-17(8-10-18)25(30(2,27)28)14-19(26)24-13-15-5-4-6-16(12-15)20(21,22)23/h4-10,12H,3,11,13-14H2,1-2H3,(H,24,26). The quantitative estimate of drug-likeness (QED) is 0.642. The number of nitrogens with zero attached hydrogens (tertiary/aromatic N) is 1. The fourth-order valence-electron chi connectivity index (χ4n) is 2.57. The number of alkyl halides is 3. The molecular formula is C20H23F3N2O4S. The lowest BCUT2D eigenvalue weighted by molar-refractivity contribution is -0.137. The summed E-state index contributed by atoms with van der Waals surface area (Å²) < 4.78 is 69.0. The minimum Gasteiger partial charge on any atom is -0.494 e. The topological polar surface area (TPSA) is 75.7 Å². The van der Waals surface area contributed by atoms with Crippen molar-refractivity contribution < 1.29 is 31.1 Å². The maximum absolute atomic E-state index is 12.8. The van der Waals surface area contributed by atoms with Crippen LogP contribution in [-0.2, 0) is 27.5 Å². The molecule has 0 aromatic heterocycles. The van der Waals surface area contributed by atoms with E-state index < -0.39 is 34.2 Å². The molecule has 30 heavy (non-hydrogen) atoms. The number of halogens is 3. The molecule has 0 saturated carbocycles. The van der Waals surface area contributed by atoms with Gasteiger partial charge in [0.2, 0.25) is 15.9 Å². The van der Waals surface area contributed by atoms with Crippen molar-refractivity contribution in [2.45, 2.75) is 26.1 Å². The second-order valence-corrected chi connectivity index (χ2v) is 8.49. The number of carbonyl (C=O) groups is 1. The molecule has 0 unspecified atom stereocenters. The third-order valence-electron chi connectivity index (χ3n) is 4.03. The van der Waals surface area contributed by atoms with Gasteiger partial charge in [0.05, 0.1) is 24.1 Å². The van der Waals surface area contributed by atoms with Crippen molar-refractivity contribution in [3.8, 4) is 5.75 Å². The molecule has 0 bridgehead atoms. The van der Waals surface area contributed by atoms with E-state index in [9.17, 15) is 26.4 Å². The lowest BCUT2D eigenvalue weighted by atomic mass is 10.1. The zero-order valence-electron chi connectivity index (χ0n) is 16.6. The molecule has 6 nitrogen and oxygen atoms in total. The number of carbonyl (C=O) groups excluding carboxylic acids is 1. The summed E-state index contributed by atoms with van der Waals surface area (Å²) in [6.07, 6.45) is -2.70. The lowest BCUT2D eigenvalue weighted by Gasteiger charge is -2.22. The molecule has 0 atom stereocenters. The van der Waals surface area contributed by atoms with Gasteiger partial charge in [-0.3, -0.25) is 9.10 Å². The molecule has 2 aromatic rings. The Bertz CT molecular complexity index is 961. The highest BCUT2D eigenvalue weighted by molar-refractivity contribution is 7.92. The van der Waals surface area contributed by atoms with Gasteiger partial charge < -0.3 is 10.1 Å². The largest absolute Gasteiger partial charge is 0.494 e. The Labute approximate surface area is 173 Å². The average Bonchev–Trinajstić information content (AvgIpc) is 2.68. The van der Waals surface area contributed by atoms with Gasteiger partial charge >= 0.3 is 6.18 Å². The molecule has 0 heterocycles. The van der Waals surface area contributed by atoms with E-state index in [-0.39, 0.29) is 17.8 Å². The molecule has 0 spiro atoms. The highest BCUT2D eigenvalue weighted by Gasteiger charge is 2.30. The molecule has 2 aromatic carbocycles. The van der Waals surface area contributed by atoms with E-state index >= 15 is 0 Å². The first-order valence-electron chi connectivity index (χ1n) is 9.14. The molecule has 2 rings (SSSR count). The summed E-state index contributed by atoms with van der Waals surface area (Å²) in [5, 5.41) is 2.45. The summed E-state index contributed by atoms with van der Waals surface area (Å²) in [5.41, 5.74) is -0.297. The zero-order chi connectivity index (χ0) is 22.4. The number of amides is 1. The first-order valence-corrected chi connectivity index (χ1v) is 11.0. The van der Waals surface area contributed by atoms with Crippen LogP contribution in [0.1, 0.15) is 24.5 Å². The Morgan fingerprint density at radius 2 is 1.80 bits per heavy atom. The van der Waals surface area contributed by atoms with Gasteiger partial charge in [-0.1, -0.05) is 19.1 Å². The number of anilines is 1. The third-order valence-corrected chi connectivity index (χ3v) is 5.17. The molecule has 0 aliphatic rings. The van der Waals surface area contributed by atoms with E-state index in [0.717, 1.165) is 29.1 Å². The molecule has 0 radical (unpaired) electrons. The number of hydrogen-bond donors (Lipinski definition) is 1. The van der Waals surface area contributed by atoms with Crippen LogP contribution in [0.4, 0.5) is 18.9 Å². The molecule has 0 aliphatic carbocycles. The second kappa shape index (κ2) is 9.84. The van der Waals surface area contributed by atoms with Crippen LogP contribution >= 0.6 is 0 Å². The van der Waals surface area contributed by atoms with Gasteiger partial charge in [-0.25, -0.2) is 8.42 Å². The minimum atomic E-state index is -4.49. The molecule has 164 valence electrons. The van der Waals surface area contributed by atoms with Crippen LogP contribution in [0.15, 0.2) is 48.5 Å². The van der Waals surface area contributed by atoms with Crippen molar-refractivity contribution in [2.75, 3.05) is 23.7 Å². The van der Waals surface area contributed by atoms with Crippen LogP contribution in [0.5, 0.6) is 5.75 Å². The Morgan fingerprint density at radius 1 is 1.13 bits per heavy atom. The highest BCUT2D eigenvalue weighted by atomic mass is 32.2. The first-order chi connectivity index (χ1) is 14.0. The van der Waals surface area contributed by atoms with Crippen LogP contribution in [-0.4, -0.2) is 33.7 Å². The SMILES string of the molecule is CCCOc1ccc(N(CC(=O)NCc2cccc(C(F)(F)F)c2)S(C)(=O)=O)cc1. The number of rotatable bonds is 9. The highest BCUT2D eigenvalue weighted by Crippen LogP contribution is 2.29. The summed E-state index contributed by atoms with van der Waals surface area (Å²) >= 11 is 0. The number of sulfonamides is 1. The summed E-state index contributed by atoms with van der Waals surface area (Å²) in [5.74, 6) is -0.0767. The van der Waals surface area contributed by atoms with Crippen molar-refractivity contribution in [3.05, 3.63) is 59.7 Å². The predicted octanol–water partition coefficient (Wildman–Crippen LogP) is 3.58. The zero-order valence-corrected chi connectivity index (χ0v) is 17.4. The fraction of sp³-hybridized carbons (Fsp3) is 0.350. The molecule has 0 fully saturated rings. The van der Waals surface area contributed by atoms with Gasteiger partial charge in [0, 0.05) is 6.54 Å². The Balaban J connectivity index is 2.06. The summed E-state index contributed by atoms with van der Waals surface area (Å²) in [6, 6.07) is 10.8. The monoisotopic (exact) mass is 444 g/mol. The second-order valence-electron chi connectivity index (χ2n) is 6.59. The van der Waals surface area contributed by atoms with Crippen molar-refractivity contribution in [1.29, 1.82) is 0 Å². The summed E-state index contributed by atoms with van der Waals surface area (Å²) in [4.78, 5) is 12.3. The van der Waals surface area contributed by atoms with E-state index in [1.165, 1.54) is 24.3 Å². The van der Waals surface area contributed by atoms with E-state index in [2.05, 4.69) is 5.32 Å². The Kier molecular flexibility index (Phi) is 7.71. The number of ether oxygens (including phenoxy) is 1. The van der Waals surface area contributed by atoms with Gasteiger partial charge in [-0.15, -0.1) is 0 Å². The van der Waals surface area contributed by atoms with Gasteiger partial charge in [-0.2, -0.15) is 13.2 Å². The molecule has 10 heteroatoms. The maximum Gasteiger partial charge on any atom is 0.416 e. The van der Waals surface area contributed by atoms with Crippen molar-refractivity contribution in [3.63, 3.8) is 0 Å². The van der Waals surface area contributed by atoms with E-state index in [1.807, 2.05) is 6.92 Å². The normalized spacial score (nSPS) is 11.8. The van der Waals surface area contributed by atoms with E-state index in [4.69, 9.17) is 4.74 Å². The fourth-order valence-corrected chi connectivity index (χ4v) is 3.43. The van der Waals surface area contributed by atoms with Gasteiger partial charge in [0.1, 0.15) is 12.3 Å². The van der Waals surface area contributed by atoms with Crippen molar-refractivity contribution in [2.24, 2.45) is 0 Å². The van der Waals surface area contributed by atoms with E-state index in [0.29, 0.717) is 12.4 Å². The third kappa shape index (κ3) is 6.94. The molecular weight excluding hydrogens is 421 g/mol. The average molecular weight is 444 g/mol. The van der Waals surface area contributed by atoms with Gasteiger partial charge in [0.15, 0.2) is 0 Å². The summed E-state index contributed by atoms with van der Waals surface area (Å²) in [6.45, 7) is 1.81. The number of benzene rings is 2. The van der Waals surface area contributed by atoms with Crippen LogP contribution in [0.2, 0.25) is 0 Å². The van der Waals surface area contributed by atoms with Crippen LogP contribution < -0.4 is 14.4 Å². The summed E-state index contributed by atoms with van der Waals surface area (Å²) in [7, 11) is -3.77. The smallest absolute Gasteiger partial charge is 0.416 e. The minimum absolute atomic E-state index is 0.163. The first kappa shape index (κ1) is 23.5. The Hall–Kier alpha value is -2.75. The Morgan fingerprint density at radius 3 is 2.37 bits per heavy atom. The molecule has 0 aliphatic heterocycles. The van der Waals surface area contributed by atoms with Gasteiger partial charge in [-0.05, 0) is 48.4 Å². The number of hydrogen-bond acceptors (Lipinski definition) is 4. The van der Waals surface area contributed by atoms with Gasteiger partial charge in [0.25, 0.3) is 0 Å². The molecule has 1 N–H and O–H groups in total. The van der Waals surface area contributed by atoms with Crippen LogP contribution in [0.3, 0.4) is 0 Å². The van der Waals surface area contributed by atoms with Crippen LogP contribution in [0.25, 0.3) is 0 Å².